The first-order chi connectivity index (χ1) is 13.4. The molecule has 0 aliphatic carbocycles. The van der Waals surface area contributed by atoms with E-state index in [1.807, 2.05) is 18.2 Å². The molecule has 3 aromatic carbocycles. The molecule has 3 aromatic rings. The Bertz CT molecular complexity index is 833. The van der Waals surface area contributed by atoms with Gasteiger partial charge in [-0.1, -0.05) is 96.2 Å². The Morgan fingerprint density at radius 2 is 1.30 bits per heavy atom. The summed E-state index contributed by atoms with van der Waals surface area (Å²) in [5.41, 5.74) is 4.83. The van der Waals surface area contributed by atoms with Gasteiger partial charge in [0.1, 0.15) is 7.11 Å². The smallest absolute Gasteiger partial charge is 0.106 e. The Morgan fingerprint density at radius 1 is 0.815 bits per heavy atom. The summed E-state index contributed by atoms with van der Waals surface area (Å²) in [5, 5.41) is 4.35. The third kappa shape index (κ3) is 3.79. The van der Waals surface area contributed by atoms with Crippen LogP contribution < -0.4 is 0 Å². The third-order valence-corrected chi connectivity index (χ3v) is 5.15. The van der Waals surface area contributed by atoms with Gasteiger partial charge in [-0.2, -0.15) is 0 Å². The minimum atomic E-state index is 0.267. The van der Waals surface area contributed by atoms with E-state index < -0.39 is 0 Å². The van der Waals surface area contributed by atoms with Gasteiger partial charge in [0.25, 0.3) is 0 Å². The van der Waals surface area contributed by atoms with Crippen LogP contribution in [0.2, 0.25) is 0 Å². The lowest BCUT2D eigenvalue weighted by Crippen LogP contribution is -2.52. The van der Waals surface area contributed by atoms with Gasteiger partial charge in [0.05, 0.1) is 11.8 Å². The molecule has 0 unspecified atom stereocenters. The molecule has 0 saturated carbocycles. The van der Waals surface area contributed by atoms with Crippen molar-refractivity contribution in [3.63, 3.8) is 0 Å². The van der Waals surface area contributed by atoms with Crippen molar-refractivity contribution in [3.05, 3.63) is 108 Å². The topological polar surface area (TPSA) is 24.8 Å². The highest BCUT2D eigenvalue weighted by molar-refractivity contribution is 6.02. The Hall–Kier alpha value is -2.91. The standard InChI is InChI=1S/C24H24N2O/c1-27-25-23(19-11-5-2-6-12-19)22-17-26(18-22)24(20-13-7-3-8-14-20)21-15-9-4-10-16-21/h2-16,22,24H,17-18H2,1H3/b25-23+. The summed E-state index contributed by atoms with van der Waals surface area (Å²) in [6, 6.07) is 32.1. The highest BCUT2D eigenvalue weighted by Gasteiger charge is 2.37. The Labute approximate surface area is 160 Å². The number of hydrogen-bond donors (Lipinski definition) is 0. The Morgan fingerprint density at radius 3 is 1.78 bits per heavy atom. The van der Waals surface area contributed by atoms with Crippen LogP contribution in [0.15, 0.2) is 96.2 Å². The first-order valence-electron chi connectivity index (χ1n) is 9.37. The van der Waals surface area contributed by atoms with Crippen molar-refractivity contribution >= 4 is 5.71 Å². The van der Waals surface area contributed by atoms with Gasteiger partial charge in [-0.05, 0) is 16.7 Å². The molecule has 0 atom stereocenters. The summed E-state index contributed by atoms with van der Waals surface area (Å²) in [7, 11) is 1.62. The minimum absolute atomic E-state index is 0.267. The molecule has 0 N–H and O–H groups in total. The molecule has 27 heavy (non-hydrogen) atoms. The maximum absolute atomic E-state index is 5.15. The van der Waals surface area contributed by atoms with Crippen molar-refractivity contribution in [2.45, 2.75) is 6.04 Å². The molecule has 1 heterocycles. The molecule has 0 radical (unpaired) electrons. The summed E-state index contributed by atoms with van der Waals surface area (Å²) >= 11 is 0. The number of nitrogens with zero attached hydrogens (tertiary/aromatic N) is 2. The van der Waals surface area contributed by atoms with Crippen molar-refractivity contribution < 1.29 is 4.84 Å². The van der Waals surface area contributed by atoms with Crippen LogP contribution in [0.4, 0.5) is 0 Å². The van der Waals surface area contributed by atoms with Crippen LogP contribution in [0.3, 0.4) is 0 Å². The molecule has 136 valence electrons. The van der Waals surface area contributed by atoms with Gasteiger partial charge in [-0.3, -0.25) is 4.90 Å². The zero-order valence-electron chi connectivity index (χ0n) is 15.5. The third-order valence-electron chi connectivity index (χ3n) is 5.15. The van der Waals surface area contributed by atoms with Crippen LogP contribution in [0.5, 0.6) is 0 Å². The van der Waals surface area contributed by atoms with Crippen LogP contribution in [0, 0.1) is 5.92 Å². The summed E-state index contributed by atoms with van der Waals surface area (Å²) < 4.78 is 0. The van der Waals surface area contributed by atoms with Crippen molar-refractivity contribution in [3.8, 4) is 0 Å². The predicted octanol–water partition coefficient (Wildman–Crippen LogP) is 4.76. The molecule has 1 saturated heterocycles. The monoisotopic (exact) mass is 356 g/mol. The van der Waals surface area contributed by atoms with E-state index in [0.29, 0.717) is 5.92 Å². The zero-order chi connectivity index (χ0) is 18.5. The van der Waals surface area contributed by atoms with Crippen LogP contribution in [-0.4, -0.2) is 30.8 Å². The first-order valence-corrected chi connectivity index (χ1v) is 9.37. The molecule has 0 amide bonds. The molecule has 1 aliphatic heterocycles. The molecule has 0 bridgehead atoms. The Balaban J connectivity index is 1.57. The zero-order valence-corrected chi connectivity index (χ0v) is 15.5. The number of benzene rings is 3. The molecular weight excluding hydrogens is 332 g/mol. The lowest BCUT2D eigenvalue weighted by Gasteiger charge is -2.45. The average Bonchev–Trinajstić information content (AvgIpc) is 2.71. The second kappa shape index (κ2) is 8.19. The minimum Gasteiger partial charge on any atom is -0.399 e. The molecule has 3 nitrogen and oxygen atoms in total. The van der Waals surface area contributed by atoms with E-state index >= 15 is 0 Å². The second-order valence-electron chi connectivity index (χ2n) is 6.90. The van der Waals surface area contributed by atoms with Crippen LogP contribution in [0.1, 0.15) is 22.7 Å². The second-order valence-corrected chi connectivity index (χ2v) is 6.90. The lowest BCUT2D eigenvalue weighted by atomic mass is 9.85. The van der Waals surface area contributed by atoms with Gasteiger partial charge in [-0.25, -0.2) is 0 Å². The van der Waals surface area contributed by atoms with E-state index in [1.54, 1.807) is 7.11 Å². The largest absolute Gasteiger partial charge is 0.399 e. The number of likely N-dealkylation sites (tertiary alicyclic amines) is 1. The van der Waals surface area contributed by atoms with E-state index in [-0.39, 0.29) is 6.04 Å². The number of hydrogen-bond acceptors (Lipinski definition) is 3. The quantitative estimate of drug-likeness (QED) is 0.470. The molecule has 1 aliphatic rings. The molecule has 3 heteroatoms. The maximum Gasteiger partial charge on any atom is 0.106 e. The molecule has 4 rings (SSSR count). The highest BCUT2D eigenvalue weighted by atomic mass is 16.6. The number of oxime groups is 1. The fourth-order valence-electron chi connectivity index (χ4n) is 3.85. The van der Waals surface area contributed by atoms with Gasteiger partial charge in [0.2, 0.25) is 0 Å². The summed E-state index contributed by atoms with van der Waals surface area (Å²) in [5.74, 6) is 0.377. The lowest BCUT2D eigenvalue weighted by molar-refractivity contribution is 0.102. The van der Waals surface area contributed by atoms with Crippen molar-refractivity contribution in [1.82, 2.24) is 4.90 Å². The van der Waals surface area contributed by atoms with Crippen LogP contribution in [0.25, 0.3) is 0 Å². The van der Waals surface area contributed by atoms with Gasteiger partial charge in [-0.15, -0.1) is 0 Å². The SMILES string of the molecule is CO/N=C(\c1ccccc1)C1CN(C(c2ccccc2)c2ccccc2)C1. The fraction of sp³-hybridized carbons (Fsp3) is 0.208. The van der Waals surface area contributed by atoms with E-state index in [0.717, 1.165) is 24.4 Å². The summed E-state index contributed by atoms with van der Waals surface area (Å²) in [6.07, 6.45) is 0. The number of rotatable bonds is 6. The highest BCUT2D eigenvalue weighted by Crippen LogP contribution is 2.35. The maximum atomic E-state index is 5.15. The van der Waals surface area contributed by atoms with E-state index in [2.05, 4.69) is 82.9 Å². The predicted molar refractivity (Wildman–Crippen MR) is 110 cm³/mol. The van der Waals surface area contributed by atoms with E-state index in [9.17, 15) is 0 Å². The summed E-state index contributed by atoms with van der Waals surface area (Å²) in [6.45, 7) is 1.93. The van der Waals surface area contributed by atoms with Gasteiger partial charge in [0, 0.05) is 19.0 Å². The summed E-state index contributed by atoms with van der Waals surface area (Å²) in [4.78, 5) is 7.67. The van der Waals surface area contributed by atoms with Gasteiger partial charge in [0.15, 0.2) is 0 Å². The average molecular weight is 356 g/mol. The Kier molecular flexibility index (Phi) is 5.31. The van der Waals surface area contributed by atoms with Crippen LogP contribution in [-0.2, 0) is 4.84 Å². The molecule has 0 aromatic heterocycles. The van der Waals surface area contributed by atoms with Gasteiger partial charge >= 0.3 is 0 Å². The fourth-order valence-corrected chi connectivity index (χ4v) is 3.85. The normalized spacial score (nSPS) is 15.6. The van der Waals surface area contributed by atoms with E-state index in [4.69, 9.17) is 4.84 Å². The first kappa shape index (κ1) is 17.5. The van der Waals surface area contributed by atoms with Crippen molar-refractivity contribution in [2.75, 3.05) is 20.2 Å². The van der Waals surface area contributed by atoms with Crippen molar-refractivity contribution in [2.24, 2.45) is 11.1 Å². The van der Waals surface area contributed by atoms with Gasteiger partial charge < -0.3 is 4.84 Å². The molecule has 0 spiro atoms. The molecular formula is C24H24N2O. The van der Waals surface area contributed by atoms with Crippen molar-refractivity contribution in [1.29, 1.82) is 0 Å². The van der Waals surface area contributed by atoms with Crippen LogP contribution >= 0.6 is 0 Å². The van der Waals surface area contributed by atoms with E-state index in [1.165, 1.54) is 11.1 Å². The molecule has 1 fully saturated rings.